The van der Waals surface area contributed by atoms with Crippen LogP contribution in [-0.4, -0.2) is 23.9 Å². The van der Waals surface area contributed by atoms with Crippen molar-refractivity contribution in [1.29, 1.82) is 0 Å². The third kappa shape index (κ3) is 3.83. The first-order valence-electron chi connectivity index (χ1n) is 4.56. The molecule has 0 aromatic heterocycles. The van der Waals surface area contributed by atoms with Crippen LogP contribution >= 0.6 is 11.8 Å². The summed E-state index contributed by atoms with van der Waals surface area (Å²) < 4.78 is 5.20. The van der Waals surface area contributed by atoms with E-state index >= 15 is 0 Å². The summed E-state index contributed by atoms with van der Waals surface area (Å²) in [5.74, 6) is 0.818. The highest BCUT2D eigenvalue weighted by molar-refractivity contribution is 7.99. The molecule has 4 heteroatoms. The fourth-order valence-electron chi connectivity index (χ4n) is 1.27. The van der Waals surface area contributed by atoms with E-state index in [0.717, 1.165) is 16.9 Å². The SMILES string of the molecule is COc1ccc(C)cc1CSCC(=O)O. The quantitative estimate of drug-likeness (QED) is 0.837. The fraction of sp³-hybridized carbons (Fsp3) is 0.364. The number of hydrogen-bond donors (Lipinski definition) is 1. The van der Waals surface area contributed by atoms with Gasteiger partial charge in [-0.3, -0.25) is 4.79 Å². The smallest absolute Gasteiger partial charge is 0.313 e. The molecule has 1 N–H and O–H groups in total. The maximum atomic E-state index is 10.4. The summed E-state index contributed by atoms with van der Waals surface area (Å²) in [5, 5.41) is 8.52. The molecule has 0 aliphatic heterocycles. The van der Waals surface area contributed by atoms with Gasteiger partial charge < -0.3 is 9.84 Å². The predicted molar refractivity (Wildman–Crippen MR) is 61.5 cm³/mol. The third-order valence-corrected chi connectivity index (χ3v) is 2.89. The maximum absolute atomic E-state index is 10.4. The maximum Gasteiger partial charge on any atom is 0.313 e. The topological polar surface area (TPSA) is 46.5 Å². The standard InChI is InChI=1S/C11H14O3S/c1-8-3-4-10(14-2)9(5-8)6-15-7-11(12)13/h3-5H,6-7H2,1-2H3,(H,12,13). The van der Waals surface area contributed by atoms with E-state index in [9.17, 15) is 4.79 Å². The average molecular weight is 226 g/mol. The van der Waals surface area contributed by atoms with Crippen LogP contribution in [0.1, 0.15) is 11.1 Å². The van der Waals surface area contributed by atoms with E-state index in [1.165, 1.54) is 11.8 Å². The third-order valence-electron chi connectivity index (χ3n) is 1.92. The van der Waals surface area contributed by atoms with Crippen molar-refractivity contribution in [3.05, 3.63) is 29.3 Å². The average Bonchev–Trinajstić information content (AvgIpc) is 2.17. The second-order valence-corrected chi connectivity index (χ2v) is 4.19. The molecule has 0 unspecified atom stereocenters. The molecule has 82 valence electrons. The molecule has 15 heavy (non-hydrogen) atoms. The number of rotatable bonds is 5. The van der Waals surface area contributed by atoms with Gasteiger partial charge in [0.05, 0.1) is 12.9 Å². The molecule has 0 atom stereocenters. The van der Waals surface area contributed by atoms with Crippen molar-refractivity contribution in [2.24, 2.45) is 0 Å². The van der Waals surface area contributed by atoms with Crippen molar-refractivity contribution in [2.45, 2.75) is 12.7 Å². The molecule has 3 nitrogen and oxygen atoms in total. The van der Waals surface area contributed by atoms with Crippen molar-refractivity contribution in [1.82, 2.24) is 0 Å². The predicted octanol–water partition coefficient (Wildman–Crippen LogP) is 2.32. The number of benzene rings is 1. The number of carboxylic acid groups (broad SMARTS) is 1. The fourth-order valence-corrected chi connectivity index (χ4v) is 1.99. The van der Waals surface area contributed by atoms with Gasteiger partial charge >= 0.3 is 5.97 Å². The Morgan fingerprint density at radius 2 is 2.27 bits per heavy atom. The number of methoxy groups -OCH3 is 1. The van der Waals surface area contributed by atoms with Crippen LogP contribution in [0.5, 0.6) is 5.75 Å². The van der Waals surface area contributed by atoms with Crippen molar-refractivity contribution in [3.63, 3.8) is 0 Å². The van der Waals surface area contributed by atoms with E-state index in [1.807, 2.05) is 25.1 Å². The minimum absolute atomic E-state index is 0.122. The second-order valence-electron chi connectivity index (χ2n) is 3.20. The van der Waals surface area contributed by atoms with Crippen molar-refractivity contribution in [2.75, 3.05) is 12.9 Å². The normalized spacial score (nSPS) is 10.0. The Morgan fingerprint density at radius 1 is 1.53 bits per heavy atom. The largest absolute Gasteiger partial charge is 0.496 e. The molecular formula is C11H14O3S. The van der Waals surface area contributed by atoms with Gasteiger partial charge in [-0.2, -0.15) is 0 Å². The number of thioether (sulfide) groups is 1. The van der Waals surface area contributed by atoms with E-state index in [0.29, 0.717) is 5.75 Å². The molecule has 1 aromatic carbocycles. The number of carboxylic acids is 1. The molecule has 0 aliphatic carbocycles. The van der Waals surface area contributed by atoms with E-state index in [-0.39, 0.29) is 5.75 Å². The Hall–Kier alpha value is -1.16. The van der Waals surface area contributed by atoms with Crippen LogP contribution in [0.4, 0.5) is 0 Å². The molecule has 1 aromatic rings. The Kier molecular flexibility index (Phi) is 4.49. The Bertz CT molecular complexity index is 350. The highest BCUT2D eigenvalue weighted by atomic mass is 32.2. The summed E-state index contributed by atoms with van der Waals surface area (Å²) in [6, 6.07) is 5.91. The lowest BCUT2D eigenvalue weighted by atomic mass is 10.1. The molecule has 0 heterocycles. The van der Waals surface area contributed by atoms with Crippen LogP contribution in [0.3, 0.4) is 0 Å². The van der Waals surface area contributed by atoms with Gasteiger partial charge in [0.15, 0.2) is 0 Å². The van der Waals surface area contributed by atoms with Crippen LogP contribution in [0.15, 0.2) is 18.2 Å². The summed E-state index contributed by atoms with van der Waals surface area (Å²) in [4.78, 5) is 10.4. The first-order chi connectivity index (χ1) is 7.13. The summed E-state index contributed by atoms with van der Waals surface area (Å²) in [6.45, 7) is 2.00. The van der Waals surface area contributed by atoms with Gasteiger partial charge in [0.25, 0.3) is 0 Å². The first-order valence-corrected chi connectivity index (χ1v) is 5.72. The van der Waals surface area contributed by atoms with Crippen LogP contribution in [0.25, 0.3) is 0 Å². The number of hydrogen-bond acceptors (Lipinski definition) is 3. The highest BCUT2D eigenvalue weighted by Gasteiger charge is 2.04. The zero-order valence-corrected chi connectivity index (χ0v) is 9.63. The number of ether oxygens (including phenoxy) is 1. The summed E-state index contributed by atoms with van der Waals surface area (Å²) in [5.41, 5.74) is 2.20. The van der Waals surface area contributed by atoms with Crippen LogP contribution in [0.2, 0.25) is 0 Å². The van der Waals surface area contributed by atoms with E-state index < -0.39 is 5.97 Å². The molecule has 0 fully saturated rings. The van der Waals surface area contributed by atoms with Gasteiger partial charge in [-0.1, -0.05) is 17.7 Å². The number of aryl methyl sites for hydroxylation is 1. The van der Waals surface area contributed by atoms with Gasteiger partial charge in [-0.05, 0) is 13.0 Å². The van der Waals surface area contributed by atoms with Crippen molar-refractivity contribution >= 4 is 17.7 Å². The minimum atomic E-state index is -0.786. The molecule has 1 rings (SSSR count). The Balaban J connectivity index is 2.65. The molecule has 0 aliphatic rings. The molecule has 0 spiro atoms. The molecule has 0 saturated heterocycles. The summed E-state index contributed by atoms with van der Waals surface area (Å²) in [6.07, 6.45) is 0. The lowest BCUT2D eigenvalue weighted by Gasteiger charge is -2.08. The molecule has 0 amide bonds. The van der Waals surface area contributed by atoms with Gasteiger partial charge in [0.1, 0.15) is 5.75 Å². The zero-order valence-electron chi connectivity index (χ0n) is 8.82. The van der Waals surface area contributed by atoms with E-state index in [1.54, 1.807) is 7.11 Å². The van der Waals surface area contributed by atoms with Crippen LogP contribution < -0.4 is 4.74 Å². The van der Waals surface area contributed by atoms with Gasteiger partial charge in [0, 0.05) is 11.3 Å². The minimum Gasteiger partial charge on any atom is -0.496 e. The van der Waals surface area contributed by atoms with Crippen LogP contribution in [-0.2, 0) is 10.5 Å². The van der Waals surface area contributed by atoms with Crippen molar-refractivity contribution < 1.29 is 14.6 Å². The van der Waals surface area contributed by atoms with E-state index in [4.69, 9.17) is 9.84 Å². The molecule has 0 bridgehead atoms. The Labute approximate surface area is 93.4 Å². The van der Waals surface area contributed by atoms with Gasteiger partial charge in [-0.25, -0.2) is 0 Å². The highest BCUT2D eigenvalue weighted by Crippen LogP contribution is 2.24. The van der Waals surface area contributed by atoms with Gasteiger partial charge in [0.2, 0.25) is 0 Å². The summed E-state index contributed by atoms with van der Waals surface area (Å²) >= 11 is 1.37. The monoisotopic (exact) mass is 226 g/mol. The molecular weight excluding hydrogens is 212 g/mol. The zero-order chi connectivity index (χ0) is 11.3. The van der Waals surface area contributed by atoms with Crippen molar-refractivity contribution in [3.8, 4) is 5.75 Å². The van der Waals surface area contributed by atoms with Gasteiger partial charge in [-0.15, -0.1) is 11.8 Å². The number of aliphatic carboxylic acids is 1. The lowest BCUT2D eigenvalue weighted by Crippen LogP contribution is -1.99. The van der Waals surface area contributed by atoms with Crippen LogP contribution in [0, 0.1) is 6.92 Å². The Morgan fingerprint density at radius 3 is 2.87 bits per heavy atom. The molecule has 0 radical (unpaired) electrons. The van der Waals surface area contributed by atoms with E-state index in [2.05, 4.69) is 0 Å². The first kappa shape index (κ1) is 11.9. The number of carbonyl (C=O) groups is 1. The summed E-state index contributed by atoms with van der Waals surface area (Å²) in [7, 11) is 1.62. The lowest BCUT2D eigenvalue weighted by molar-refractivity contribution is -0.133. The molecule has 0 saturated carbocycles. The second kappa shape index (κ2) is 5.66.